The number of fused-ring (bicyclic) bond motifs is 1. The van der Waals surface area contributed by atoms with Crippen molar-refractivity contribution in [1.29, 1.82) is 0 Å². The fourth-order valence-corrected chi connectivity index (χ4v) is 1.81. The maximum Gasteiger partial charge on any atom is 0.332 e. The summed E-state index contributed by atoms with van der Waals surface area (Å²) in [5.41, 5.74) is 4.87. The molecule has 90 valence electrons. The molecule has 5 nitrogen and oxygen atoms in total. The second-order valence-electron chi connectivity index (χ2n) is 3.92. The van der Waals surface area contributed by atoms with Gasteiger partial charge in [0.15, 0.2) is 0 Å². The first kappa shape index (κ1) is 11.5. The largest absolute Gasteiger partial charge is 0.332 e. The molecule has 6 heteroatoms. The molecule has 1 aromatic heterocycles. The van der Waals surface area contributed by atoms with Crippen LogP contribution in [0.5, 0.6) is 0 Å². The lowest BCUT2D eigenvalue weighted by molar-refractivity contribution is 0.510. The number of aromatic nitrogens is 2. The van der Waals surface area contributed by atoms with E-state index in [0.29, 0.717) is 5.52 Å². The van der Waals surface area contributed by atoms with Crippen molar-refractivity contribution in [2.45, 2.75) is 13.1 Å². The van der Waals surface area contributed by atoms with E-state index in [1.807, 2.05) is 0 Å². The van der Waals surface area contributed by atoms with Crippen molar-refractivity contribution in [2.24, 2.45) is 12.8 Å². The van der Waals surface area contributed by atoms with Gasteiger partial charge in [-0.2, -0.15) is 0 Å². The number of nitrogens with two attached hydrogens (primary N) is 1. The lowest BCUT2D eigenvalue weighted by atomic mass is 10.2. The van der Waals surface area contributed by atoms with Crippen molar-refractivity contribution < 1.29 is 4.39 Å². The van der Waals surface area contributed by atoms with Crippen LogP contribution >= 0.6 is 0 Å². The minimum atomic E-state index is -0.756. The Morgan fingerprint density at radius 3 is 2.59 bits per heavy atom. The van der Waals surface area contributed by atoms with Crippen molar-refractivity contribution in [1.82, 2.24) is 9.13 Å². The third kappa shape index (κ3) is 1.66. The van der Waals surface area contributed by atoms with Crippen molar-refractivity contribution in [3.8, 4) is 0 Å². The van der Waals surface area contributed by atoms with Crippen LogP contribution in [-0.2, 0) is 7.05 Å². The minimum absolute atomic E-state index is 0.143. The van der Waals surface area contributed by atoms with Gasteiger partial charge in [-0.05, 0) is 25.1 Å². The zero-order valence-electron chi connectivity index (χ0n) is 9.48. The third-order valence-corrected chi connectivity index (χ3v) is 2.67. The molecule has 0 aliphatic heterocycles. The molecule has 17 heavy (non-hydrogen) atoms. The third-order valence-electron chi connectivity index (χ3n) is 2.67. The Bertz CT molecular complexity index is 700. The molecular formula is C11H12FN3O2. The fraction of sp³-hybridized carbons (Fsp3) is 0.273. The quantitative estimate of drug-likeness (QED) is 0.776. The standard InChI is InChI=1S/C11H12FN3O2/c1-6(13)15-10(16)8-5-7(12)3-4-9(8)14(2)11(15)17/h3-6H,13H2,1-2H3. The van der Waals surface area contributed by atoms with Gasteiger partial charge in [0.1, 0.15) is 5.82 Å². The van der Waals surface area contributed by atoms with Crippen molar-refractivity contribution in [3.63, 3.8) is 0 Å². The molecule has 2 aromatic rings. The average molecular weight is 237 g/mol. The smallest absolute Gasteiger partial charge is 0.311 e. The average Bonchev–Trinajstić information content (AvgIpc) is 2.26. The number of rotatable bonds is 1. The van der Waals surface area contributed by atoms with E-state index in [4.69, 9.17) is 5.73 Å². The van der Waals surface area contributed by atoms with Gasteiger partial charge < -0.3 is 5.73 Å². The van der Waals surface area contributed by atoms with Gasteiger partial charge in [0.05, 0.1) is 17.1 Å². The van der Waals surface area contributed by atoms with E-state index in [0.717, 1.165) is 10.6 Å². The number of aryl methyl sites for hydroxylation is 1. The molecule has 0 amide bonds. The van der Waals surface area contributed by atoms with Crippen molar-refractivity contribution >= 4 is 10.9 Å². The first-order chi connectivity index (χ1) is 7.93. The van der Waals surface area contributed by atoms with Crippen LogP contribution in [0.4, 0.5) is 4.39 Å². The van der Waals surface area contributed by atoms with Gasteiger partial charge in [0.25, 0.3) is 5.56 Å². The highest BCUT2D eigenvalue weighted by Crippen LogP contribution is 2.09. The summed E-state index contributed by atoms with van der Waals surface area (Å²) >= 11 is 0. The number of hydrogen-bond donors (Lipinski definition) is 1. The Kier molecular flexibility index (Phi) is 2.59. The van der Waals surface area contributed by atoms with Crippen LogP contribution in [0.1, 0.15) is 13.1 Å². The highest BCUT2D eigenvalue weighted by molar-refractivity contribution is 5.77. The van der Waals surface area contributed by atoms with Gasteiger partial charge in [-0.25, -0.2) is 13.8 Å². The number of nitrogens with zero attached hydrogens (tertiary/aromatic N) is 2. The monoisotopic (exact) mass is 237 g/mol. The number of hydrogen-bond acceptors (Lipinski definition) is 3. The highest BCUT2D eigenvalue weighted by atomic mass is 19.1. The summed E-state index contributed by atoms with van der Waals surface area (Å²) < 4.78 is 15.3. The maximum absolute atomic E-state index is 13.1. The summed E-state index contributed by atoms with van der Waals surface area (Å²) in [4.78, 5) is 23.9. The van der Waals surface area contributed by atoms with Crippen LogP contribution in [0, 0.1) is 5.82 Å². The normalized spacial score (nSPS) is 12.9. The Balaban J connectivity index is 3.07. The highest BCUT2D eigenvalue weighted by Gasteiger charge is 2.13. The van der Waals surface area contributed by atoms with Crippen LogP contribution in [-0.4, -0.2) is 9.13 Å². The zero-order chi connectivity index (χ0) is 12.7. The molecule has 0 radical (unpaired) electrons. The molecule has 0 fully saturated rings. The van der Waals surface area contributed by atoms with Crippen LogP contribution in [0.3, 0.4) is 0 Å². The van der Waals surface area contributed by atoms with Crippen molar-refractivity contribution in [3.05, 3.63) is 44.9 Å². The summed E-state index contributed by atoms with van der Waals surface area (Å²) in [5.74, 6) is -0.524. The molecule has 0 bridgehead atoms. The lowest BCUT2D eigenvalue weighted by Gasteiger charge is -2.13. The van der Waals surface area contributed by atoms with E-state index in [1.165, 1.54) is 30.7 Å². The van der Waals surface area contributed by atoms with Crippen LogP contribution in [0.15, 0.2) is 27.8 Å². The zero-order valence-corrected chi connectivity index (χ0v) is 9.48. The van der Waals surface area contributed by atoms with E-state index < -0.39 is 23.2 Å². The van der Waals surface area contributed by atoms with E-state index in [9.17, 15) is 14.0 Å². The maximum atomic E-state index is 13.1. The topological polar surface area (TPSA) is 70.0 Å². The first-order valence-electron chi connectivity index (χ1n) is 5.10. The minimum Gasteiger partial charge on any atom is -0.311 e. The molecule has 1 aromatic carbocycles. The summed E-state index contributed by atoms with van der Waals surface area (Å²) in [7, 11) is 1.51. The summed E-state index contributed by atoms with van der Waals surface area (Å²) in [6.45, 7) is 1.52. The van der Waals surface area contributed by atoms with Gasteiger partial charge in [-0.15, -0.1) is 0 Å². The van der Waals surface area contributed by atoms with Gasteiger partial charge in [0, 0.05) is 7.05 Å². The van der Waals surface area contributed by atoms with Gasteiger partial charge in [-0.1, -0.05) is 0 Å². The Morgan fingerprint density at radius 2 is 2.00 bits per heavy atom. The first-order valence-corrected chi connectivity index (χ1v) is 5.10. The molecule has 0 saturated heterocycles. The molecule has 2 rings (SSSR count). The fourth-order valence-electron chi connectivity index (χ4n) is 1.81. The molecular weight excluding hydrogens is 225 g/mol. The summed E-state index contributed by atoms with van der Waals surface area (Å²) in [6, 6.07) is 3.71. The predicted molar refractivity (Wildman–Crippen MR) is 62.3 cm³/mol. The lowest BCUT2D eigenvalue weighted by Crippen LogP contribution is -2.43. The van der Waals surface area contributed by atoms with Crippen molar-refractivity contribution in [2.75, 3.05) is 0 Å². The molecule has 0 spiro atoms. The molecule has 1 atom stereocenters. The molecule has 1 heterocycles. The predicted octanol–water partition coefficient (Wildman–Crippen LogP) is 0.316. The second-order valence-corrected chi connectivity index (χ2v) is 3.92. The molecule has 0 aliphatic rings. The number of benzene rings is 1. The molecule has 1 unspecified atom stereocenters. The SMILES string of the molecule is CC(N)n1c(=O)c2cc(F)ccc2n(C)c1=O. The van der Waals surface area contributed by atoms with E-state index in [1.54, 1.807) is 0 Å². The van der Waals surface area contributed by atoms with Crippen LogP contribution < -0.4 is 17.0 Å². The Hall–Kier alpha value is -1.95. The van der Waals surface area contributed by atoms with Gasteiger partial charge in [0.2, 0.25) is 0 Å². The molecule has 2 N–H and O–H groups in total. The Morgan fingerprint density at radius 1 is 1.35 bits per heavy atom. The molecule has 0 aliphatic carbocycles. The summed E-state index contributed by atoms with van der Waals surface area (Å²) in [5, 5.41) is 0.143. The second kappa shape index (κ2) is 3.81. The van der Waals surface area contributed by atoms with Gasteiger partial charge in [-0.3, -0.25) is 9.36 Å². The van der Waals surface area contributed by atoms with Crippen LogP contribution in [0.2, 0.25) is 0 Å². The van der Waals surface area contributed by atoms with Gasteiger partial charge >= 0.3 is 5.69 Å². The Labute approximate surface area is 95.9 Å². The van der Waals surface area contributed by atoms with E-state index in [2.05, 4.69) is 0 Å². The van der Waals surface area contributed by atoms with Crippen LogP contribution in [0.25, 0.3) is 10.9 Å². The number of halogens is 1. The molecule has 0 saturated carbocycles. The summed E-state index contributed by atoms with van der Waals surface area (Å²) in [6.07, 6.45) is -0.756. The van der Waals surface area contributed by atoms with E-state index in [-0.39, 0.29) is 5.39 Å². The van der Waals surface area contributed by atoms with E-state index >= 15 is 0 Å².